The van der Waals surface area contributed by atoms with Gasteiger partial charge in [-0.25, -0.2) is 4.98 Å². The molecule has 3 rings (SSSR count). The quantitative estimate of drug-likeness (QED) is 0.916. The Morgan fingerprint density at radius 2 is 2.33 bits per heavy atom. The van der Waals surface area contributed by atoms with E-state index in [4.69, 9.17) is 0 Å². The number of nitrogens with zero attached hydrogens (tertiary/aromatic N) is 2. The molecule has 1 saturated heterocycles. The molecule has 1 unspecified atom stereocenters. The van der Waals surface area contributed by atoms with Crippen LogP contribution in [0.25, 0.3) is 0 Å². The molecule has 18 heavy (non-hydrogen) atoms. The number of benzene rings is 1. The zero-order chi connectivity index (χ0) is 12.4. The molecule has 0 amide bonds. The SMILES string of the molecule is Brc1cccc(Cc2nc(C3CCCN3)n[nH]2)c1. The zero-order valence-electron chi connectivity index (χ0n) is 9.99. The van der Waals surface area contributed by atoms with Gasteiger partial charge in [-0.2, -0.15) is 5.10 Å². The molecule has 94 valence electrons. The summed E-state index contributed by atoms with van der Waals surface area (Å²) in [5.41, 5.74) is 1.23. The lowest BCUT2D eigenvalue weighted by atomic mass is 10.1. The number of aromatic nitrogens is 3. The number of hydrogen-bond acceptors (Lipinski definition) is 3. The van der Waals surface area contributed by atoms with E-state index >= 15 is 0 Å². The highest BCUT2D eigenvalue weighted by atomic mass is 79.9. The standard InChI is InChI=1S/C13H15BrN4/c14-10-4-1-3-9(7-10)8-12-16-13(18-17-12)11-5-2-6-15-11/h1,3-4,7,11,15H,2,5-6,8H2,(H,16,17,18). The van der Waals surface area contributed by atoms with Gasteiger partial charge < -0.3 is 5.32 Å². The van der Waals surface area contributed by atoms with Crippen molar-refractivity contribution in [3.63, 3.8) is 0 Å². The van der Waals surface area contributed by atoms with Crippen LogP contribution in [-0.4, -0.2) is 21.7 Å². The van der Waals surface area contributed by atoms with E-state index in [0.29, 0.717) is 6.04 Å². The first-order valence-electron chi connectivity index (χ1n) is 6.20. The number of halogens is 1. The van der Waals surface area contributed by atoms with Gasteiger partial charge in [-0.1, -0.05) is 28.1 Å². The second-order valence-electron chi connectivity index (χ2n) is 4.60. The molecule has 1 atom stereocenters. The van der Waals surface area contributed by atoms with Crippen LogP contribution < -0.4 is 5.32 Å². The number of nitrogens with one attached hydrogen (secondary N) is 2. The fourth-order valence-corrected chi connectivity index (χ4v) is 2.74. The molecule has 4 nitrogen and oxygen atoms in total. The van der Waals surface area contributed by atoms with Crippen molar-refractivity contribution in [1.82, 2.24) is 20.5 Å². The first-order valence-corrected chi connectivity index (χ1v) is 6.99. The van der Waals surface area contributed by atoms with E-state index < -0.39 is 0 Å². The predicted molar refractivity (Wildman–Crippen MR) is 73.3 cm³/mol. The maximum atomic E-state index is 4.57. The van der Waals surface area contributed by atoms with Crippen molar-refractivity contribution in [2.45, 2.75) is 25.3 Å². The van der Waals surface area contributed by atoms with Gasteiger partial charge in [-0.15, -0.1) is 0 Å². The van der Waals surface area contributed by atoms with Gasteiger partial charge in [-0.3, -0.25) is 5.10 Å². The monoisotopic (exact) mass is 306 g/mol. The van der Waals surface area contributed by atoms with Crippen LogP contribution in [0.5, 0.6) is 0 Å². The zero-order valence-corrected chi connectivity index (χ0v) is 11.6. The Hall–Kier alpha value is -1.20. The minimum absolute atomic E-state index is 0.331. The number of rotatable bonds is 3. The Morgan fingerprint density at radius 1 is 1.39 bits per heavy atom. The molecule has 1 aromatic carbocycles. The third kappa shape index (κ3) is 2.62. The summed E-state index contributed by atoms with van der Waals surface area (Å²) in [6, 6.07) is 8.60. The van der Waals surface area contributed by atoms with Gasteiger partial charge in [-0.05, 0) is 37.1 Å². The van der Waals surface area contributed by atoms with Crippen LogP contribution in [0.3, 0.4) is 0 Å². The molecule has 1 aliphatic rings. The molecule has 2 aromatic rings. The van der Waals surface area contributed by atoms with Crippen molar-refractivity contribution in [2.24, 2.45) is 0 Å². The molecule has 2 heterocycles. The Labute approximate surface area is 114 Å². The lowest BCUT2D eigenvalue weighted by molar-refractivity contribution is 0.607. The van der Waals surface area contributed by atoms with E-state index in [1.807, 2.05) is 12.1 Å². The maximum absolute atomic E-state index is 4.57. The van der Waals surface area contributed by atoms with Crippen LogP contribution in [0.15, 0.2) is 28.7 Å². The van der Waals surface area contributed by atoms with Crippen LogP contribution >= 0.6 is 15.9 Å². The van der Waals surface area contributed by atoms with Crippen LogP contribution in [0, 0.1) is 0 Å². The van der Waals surface area contributed by atoms with Crippen molar-refractivity contribution in [2.75, 3.05) is 6.54 Å². The highest BCUT2D eigenvalue weighted by Gasteiger charge is 2.20. The van der Waals surface area contributed by atoms with Crippen LogP contribution in [0.1, 0.15) is 36.1 Å². The number of H-pyrrole nitrogens is 1. The fourth-order valence-electron chi connectivity index (χ4n) is 2.29. The fraction of sp³-hybridized carbons (Fsp3) is 0.385. The van der Waals surface area contributed by atoms with Crippen molar-refractivity contribution >= 4 is 15.9 Å². The molecule has 0 bridgehead atoms. The largest absolute Gasteiger partial charge is 0.307 e. The molecule has 0 spiro atoms. The highest BCUT2D eigenvalue weighted by molar-refractivity contribution is 9.10. The first kappa shape index (κ1) is 11.9. The van der Waals surface area contributed by atoms with Gasteiger partial charge in [0.1, 0.15) is 5.82 Å². The van der Waals surface area contributed by atoms with Gasteiger partial charge in [0.25, 0.3) is 0 Å². The van der Waals surface area contributed by atoms with E-state index in [-0.39, 0.29) is 0 Å². The van der Waals surface area contributed by atoms with Gasteiger partial charge >= 0.3 is 0 Å². The van der Waals surface area contributed by atoms with E-state index in [1.54, 1.807) is 0 Å². The molecule has 1 aliphatic heterocycles. The third-order valence-electron chi connectivity index (χ3n) is 3.18. The van der Waals surface area contributed by atoms with Crippen molar-refractivity contribution in [3.05, 3.63) is 46.0 Å². The molecule has 0 radical (unpaired) electrons. The van der Waals surface area contributed by atoms with Crippen molar-refractivity contribution < 1.29 is 0 Å². The summed E-state index contributed by atoms with van der Waals surface area (Å²) in [6.45, 7) is 1.07. The molecule has 0 aliphatic carbocycles. The molecule has 0 saturated carbocycles. The normalized spacial score (nSPS) is 19.3. The summed E-state index contributed by atoms with van der Waals surface area (Å²) in [7, 11) is 0. The van der Waals surface area contributed by atoms with Gasteiger partial charge in [0.15, 0.2) is 5.82 Å². The number of aromatic amines is 1. The van der Waals surface area contributed by atoms with Gasteiger partial charge in [0.2, 0.25) is 0 Å². The highest BCUT2D eigenvalue weighted by Crippen LogP contribution is 2.20. The molecule has 2 N–H and O–H groups in total. The number of hydrogen-bond donors (Lipinski definition) is 2. The average Bonchev–Trinajstić information content (AvgIpc) is 2.98. The Balaban J connectivity index is 1.73. The second kappa shape index (κ2) is 5.20. The lowest BCUT2D eigenvalue weighted by Crippen LogP contribution is -2.14. The summed E-state index contributed by atoms with van der Waals surface area (Å²) in [4.78, 5) is 4.57. The van der Waals surface area contributed by atoms with Crippen LogP contribution in [0.4, 0.5) is 0 Å². The maximum Gasteiger partial charge on any atom is 0.167 e. The van der Waals surface area contributed by atoms with Crippen molar-refractivity contribution in [1.29, 1.82) is 0 Å². The topological polar surface area (TPSA) is 53.6 Å². The van der Waals surface area contributed by atoms with Crippen LogP contribution in [0.2, 0.25) is 0 Å². The van der Waals surface area contributed by atoms with E-state index in [2.05, 4.69) is 48.6 Å². The first-order chi connectivity index (χ1) is 8.81. The summed E-state index contributed by atoms with van der Waals surface area (Å²) in [6.07, 6.45) is 3.13. The van der Waals surface area contributed by atoms with E-state index in [9.17, 15) is 0 Å². The molecular formula is C13H15BrN4. The third-order valence-corrected chi connectivity index (χ3v) is 3.67. The minimum Gasteiger partial charge on any atom is -0.307 e. The summed E-state index contributed by atoms with van der Waals surface area (Å²) in [5.74, 6) is 1.83. The average molecular weight is 307 g/mol. The predicted octanol–water partition coefficient (Wildman–Crippen LogP) is 2.58. The van der Waals surface area contributed by atoms with Gasteiger partial charge in [0, 0.05) is 10.9 Å². The second-order valence-corrected chi connectivity index (χ2v) is 5.51. The van der Waals surface area contributed by atoms with Crippen LogP contribution in [-0.2, 0) is 6.42 Å². The summed E-state index contributed by atoms with van der Waals surface area (Å²) >= 11 is 3.48. The Kier molecular flexibility index (Phi) is 3.43. The van der Waals surface area contributed by atoms with Gasteiger partial charge in [0.05, 0.1) is 6.04 Å². The van der Waals surface area contributed by atoms with E-state index in [0.717, 1.165) is 35.5 Å². The van der Waals surface area contributed by atoms with Crippen molar-refractivity contribution in [3.8, 4) is 0 Å². The molecule has 1 fully saturated rings. The molecule has 5 heteroatoms. The summed E-state index contributed by atoms with van der Waals surface area (Å²) in [5, 5.41) is 10.7. The Bertz CT molecular complexity index is 531. The Morgan fingerprint density at radius 3 is 3.11 bits per heavy atom. The smallest absolute Gasteiger partial charge is 0.167 e. The molecular weight excluding hydrogens is 292 g/mol. The van der Waals surface area contributed by atoms with E-state index in [1.165, 1.54) is 12.0 Å². The summed E-state index contributed by atoms with van der Waals surface area (Å²) < 4.78 is 1.09. The minimum atomic E-state index is 0.331. The lowest BCUT2D eigenvalue weighted by Gasteiger charge is -2.02. The molecule has 1 aromatic heterocycles.